The van der Waals surface area contributed by atoms with Crippen LogP contribution in [0.15, 0.2) is 54.6 Å². The number of rotatable bonds is 6. The Labute approximate surface area is 185 Å². The first-order chi connectivity index (χ1) is 15.2. The van der Waals surface area contributed by atoms with Crippen molar-refractivity contribution in [3.63, 3.8) is 0 Å². The smallest absolute Gasteiger partial charge is 0.244 e. The second-order valence-electron chi connectivity index (χ2n) is 8.95. The van der Waals surface area contributed by atoms with Crippen molar-refractivity contribution in [1.29, 1.82) is 5.26 Å². The Morgan fingerprint density at radius 2 is 1.90 bits per heavy atom. The van der Waals surface area contributed by atoms with E-state index in [1.807, 2.05) is 48.5 Å². The van der Waals surface area contributed by atoms with Crippen molar-refractivity contribution in [3.8, 4) is 6.07 Å². The highest BCUT2D eigenvalue weighted by Crippen LogP contribution is 2.32. The average molecular weight is 414 g/mol. The first-order valence-corrected chi connectivity index (χ1v) is 11.5. The molecule has 0 saturated heterocycles. The van der Waals surface area contributed by atoms with E-state index in [1.165, 1.54) is 30.4 Å². The molecular weight excluding hydrogens is 382 g/mol. The van der Waals surface area contributed by atoms with Gasteiger partial charge in [0.15, 0.2) is 0 Å². The fraction of sp³-hybridized carbons (Fsp3) is 0.407. The van der Waals surface area contributed by atoms with E-state index in [0.717, 1.165) is 56.4 Å². The van der Waals surface area contributed by atoms with Crippen LogP contribution in [-0.4, -0.2) is 29.4 Å². The fourth-order valence-electron chi connectivity index (χ4n) is 4.95. The predicted octanol–water partition coefficient (Wildman–Crippen LogP) is 4.84. The van der Waals surface area contributed by atoms with Crippen LogP contribution in [-0.2, 0) is 17.8 Å². The van der Waals surface area contributed by atoms with Crippen LogP contribution in [0.2, 0.25) is 0 Å². The largest absolute Gasteiger partial charge is 0.347 e. The lowest BCUT2D eigenvalue weighted by Crippen LogP contribution is -2.51. The van der Waals surface area contributed by atoms with Crippen LogP contribution in [0.4, 0.5) is 0 Å². The van der Waals surface area contributed by atoms with Gasteiger partial charge in [-0.25, -0.2) is 0 Å². The van der Waals surface area contributed by atoms with E-state index in [1.54, 1.807) is 6.08 Å². The lowest BCUT2D eigenvalue weighted by molar-refractivity contribution is -0.118. The predicted molar refractivity (Wildman–Crippen MR) is 124 cm³/mol. The van der Waals surface area contributed by atoms with Gasteiger partial charge in [-0.2, -0.15) is 5.26 Å². The van der Waals surface area contributed by atoms with Crippen LogP contribution in [0.3, 0.4) is 0 Å². The number of amides is 1. The number of nitrogens with one attached hydrogen (secondary N) is 1. The highest BCUT2D eigenvalue weighted by atomic mass is 16.1. The van der Waals surface area contributed by atoms with Crippen molar-refractivity contribution >= 4 is 12.0 Å². The van der Waals surface area contributed by atoms with Crippen molar-refractivity contribution in [2.45, 2.75) is 57.0 Å². The molecule has 1 saturated carbocycles. The van der Waals surface area contributed by atoms with Gasteiger partial charge in [0.25, 0.3) is 0 Å². The molecule has 0 atom stereocenters. The van der Waals surface area contributed by atoms with E-state index in [-0.39, 0.29) is 11.4 Å². The second-order valence-corrected chi connectivity index (χ2v) is 8.95. The summed E-state index contributed by atoms with van der Waals surface area (Å²) >= 11 is 0. The third-order valence-corrected chi connectivity index (χ3v) is 6.76. The van der Waals surface area contributed by atoms with Crippen LogP contribution in [0, 0.1) is 11.3 Å². The normalized spacial score (nSPS) is 18.3. The molecule has 0 radical (unpaired) electrons. The quantitative estimate of drug-likeness (QED) is 0.690. The Bertz CT molecular complexity index is 968. The summed E-state index contributed by atoms with van der Waals surface area (Å²) in [6.07, 6.45) is 11.3. The van der Waals surface area contributed by atoms with Crippen molar-refractivity contribution in [1.82, 2.24) is 10.2 Å². The van der Waals surface area contributed by atoms with E-state index < -0.39 is 0 Å². The molecule has 4 heteroatoms. The molecular formula is C27H31N3O. The first-order valence-electron chi connectivity index (χ1n) is 11.5. The van der Waals surface area contributed by atoms with E-state index >= 15 is 0 Å². The van der Waals surface area contributed by atoms with Gasteiger partial charge in [0.05, 0.1) is 11.6 Å². The standard InChI is InChI=1S/C27H31N3O/c28-20-23-9-11-25-21-30(17-13-24(25)19-23)18-16-27(14-5-2-6-15-27)29-26(31)12-10-22-7-3-1-4-8-22/h1,3-4,7-12,19H,2,5-6,13-18,21H2,(H,29,31)/b12-10+. The molecule has 1 aliphatic carbocycles. The SMILES string of the molecule is N#Cc1ccc2c(c1)CCN(CCC1(NC(=O)/C=C/c3ccccc3)CCCCC1)C2. The summed E-state index contributed by atoms with van der Waals surface area (Å²) in [5.74, 6) is 0.0128. The maximum Gasteiger partial charge on any atom is 0.244 e. The van der Waals surface area contributed by atoms with Gasteiger partial charge >= 0.3 is 0 Å². The summed E-state index contributed by atoms with van der Waals surface area (Å²) in [6, 6.07) is 18.3. The summed E-state index contributed by atoms with van der Waals surface area (Å²) in [4.78, 5) is 15.2. The van der Waals surface area contributed by atoms with Crippen molar-refractivity contribution in [3.05, 3.63) is 76.9 Å². The molecule has 2 aromatic rings. The number of carbonyl (C=O) groups excluding carboxylic acids is 1. The zero-order valence-electron chi connectivity index (χ0n) is 18.1. The molecule has 1 N–H and O–H groups in total. The zero-order valence-corrected chi connectivity index (χ0v) is 18.1. The summed E-state index contributed by atoms with van der Waals surface area (Å²) in [5, 5.41) is 12.5. The zero-order chi connectivity index (χ0) is 21.5. The van der Waals surface area contributed by atoms with E-state index in [4.69, 9.17) is 5.26 Å². The van der Waals surface area contributed by atoms with Crippen molar-refractivity contribution in [2.24, 2.45) is 0 Å². The Hall–Kier alpha value is -2.90. The van der Waals surface area contributed by atoms with Gasteiger partial charge in [0.2, 0.25) is 5.91 Å². The average Bonchev–Trinajstić information content (AvgIpc) is 2.82. The minimum atomic E-state index is -0.0959. The molecule has 4 rings (SSSR count). The molecule has 31 heavy (non-hydrogen) atoms. The van der Waals surface area contributed by atoms with Crippen LogP contribution >= 0.6 is 0 Å². The minimum absolute atomic E-state index is 0.0128. The summed E-state index contributed by atoms with van der Waals surface area (Å²) in [5.41, 5.74) is 4.34. The van der Waals surface area contributed by atoms with Gasteiger partial charge in [-0.3, -0.25) is 9.69 Å². The monoisotopic (exact) mass is 413 g/mol. The molecule has 1 fully saturated rings. The van der Waals surface area contributed by atoms with E-state index in [9.17, 15) is 4.79 Å². The van der Waals surface area contributed by atoms with Gasteiger partial charge in [0.1, 0.15) is 0 Å². The first kappa shape index (κ1) is 21.3. The summed E-state index contributed by atoms with van der Waals surface area (Å²) in [7, 11) is 0. The third kappa shape index (κ3) is 5.62. The Morgan fingerprint density at radius 3 is 2.68 bits per heavy atom. The van der Waals surface area contributed by atoms with Crippen LogP contribution in [0.1, 0.15) is 60.8 Å². The molecule has 1 aliphatic heterocycles. The summed E-state index contributed by atoms with van der Waals surface area (Å²) < 4.78 is 0. The van der Waals surface area contributed by atoms with Crippen LogP contribution < -0.4 is 5.32 Å². The number of benzene rings is 2. The molecule has 160 valence electrons. The van der Waals surface area contributed by atoms with Gasteiger partial charge in [-0.05, 0) is 60.6 Å². The Kier molecular flexibility index (Phi) is 6.84. The van der Waals surface area contributed by atoms with Gasteiger partial charge in [-0.15, -0.1) is 0 Å². The molecule has 0 unspecified atom stereocenters. The molecule has 2 aromatic carbocycles. The molecule has 1 amide bonds. The highest BCUT2D eigenvalue weighted by Gasteiger charge is 2.33. The van der Waals surface area contributed by atoms with Gasteiger partial charge in [0, 0.05) is 31.2 Å². The van der Waals surface area contributed by atoms with Crippen molar-refractivity contribution in [2.75, 3.05) is 13.1 Å². The maximum atomic E-state index is 12.7. The van der Waals surface area contributed by atoms with Gasteiger partial charge in [-0.1, -0.05) is 55.7 Å². The lowest BCUT2D eigenvalue weighted by atomic mass is 9.79. The highest BCUT2D eigenvalue weighted by molar-refractivity contribution is 5.92. The number of hydrogen-bond donors (Lipinski definition) is 1. The Balaban J connectivity index is 1.37. The van der Waals surface area contributed by atoms with E-state index in [2.05, 4.69) is 22.4 Å². The van der Waals surface area contributed by atoms with Crippen LogP contribution in [0.5, 0.6) is 0 Å². The number of fused-ring (bicyclic) bond motifs is 1. The summed E-state index contributed by atoms with van der Waals surface area (Å²) in [6.45, 7) is 2.93. The molecule has 0 spiro atoms. The number of carbonyl (C=O) groups is 1. The molecule has 1 heterocycles. The Morgan fingerprint density at radius 1 is 1.10 bits per heavy atom. The fourth-order valence-corrected chi connectivity index (χ4v) is 4.95. The molecule has 0 aromatic heterocycles. The van der Waals surface area contributed by atoms with Gasteiger partial charge < -0.3 is 5.32 Å². The number of hydrogen-bond acceptors (Lipinski definition) is 3. The lowest BCUT2D eigenvalue weighted by Gasteiger charge is -2.40. The molecule has 4 nitrogen and oxygen atoms in total. The van der Waals surface area contributed by atoms with E-state index in [0.29, 0.717) is 0 Å². The molecule has 0 bridgehead atoms. The topological polar surface area (TPSA) is 56.1 Å². The number of nitrogens with zero attached hydrogens (tertiary/aromatic N) is 2. The van der Waals surface area contributed by atoms with Crippen molar-refractivity contribution < 1.29 is 4.79 Å². The second kappa shape index (κ2) is 9.94. The maximum absolute atomic E-state index is 12.7. The minimum Gasteiger partial charge on any atom is -0.347 e. The number of nitriles is 1. The molecule has 2 aliphatic rings. The van der Waals surface area contributed by atoms with Crippen LogP contribution in [0.25, 0.3) is 6.08 Å². The third-order valence-electron chi connectivity index (χ3n) is 6.76.